The Kier molecular flexibility index (Phi) is 4.37. The van der Waals surface area contributed by atoms with Crippen molar-refractivity contribution in [2.45, 2.75) is 20.3 Å². The topological polar surface area (TPSA) is 40.6 Å². The first-order chi connectivity index (χ1) is 9.49. The van der Waals surface area contributed by atoms with Crippen molar-refractivity contribution in [1.82, 2.24) is 9.80 Å². The zero-order chi connectivity index (χ0) is 14.7. The number of amides is 2. The van der Waals surface area contributed by atoms with Gasteiger partial charge in [-0.25, -0.2) is 4.39 Å². The molecule has 1 aromatic carbocycles. The van der Waals surface area contributed by atoms with Crippen molar-refractivity contribution in [3.05, 3.63) is 35.1 Å². The van der Waals surface area contributed by atoms with Gasteiger partial charge in [0.15, 0.2) is 0 Å². The van der Waals surface area contributed by atoms with Gasteiger partial charge in [0.05, 0.1) is 5.56 Å². The van der Waals surface area contributed by atoms with Crippen LogP contribution < -0.4 is 0 Å². The fraction of sp³-hybridized carbons (Fsp3) is 0.467. The van der Waals surface area contributed by atoms with E-state index in [9.17, 15) is 14.0 Å². The van der Waals surface area contributed by atoms with Crippen molar-refractivity contribution in [2.24, 2.45) is 0 Å². The third kappa shape index (κ3) is 3.15. The van der Waals surface area contributed by atoms with Gasteiger partial charge >= 0.3 is 0 Å². The molecular formula is C15H19FN2O2. The van der Waals surface area contributed by atoms with Crippen molar-refractivity contribution in [2.75, 3.05) is 26.2 Å². The normalized spacial score (nSPS) is 15.9. The Hall–Kier alpha value is -1.91. The van der Waals surface area contributed by atoms with Crippen LogP contribution in [0.15, 0.2) is 18.2 Å². The van der Waals surface area contributed by atoms with E-state index < -0.39 is 5.82 Å². The molecule has 0 saturated carbocycles. The Balaban J connectivity index is 2.13. The highest BCUT2D eigenvalue weighted by Gasteiger charge is 2.23. The summed E-state index contributed by atoms with van der Waals surface area (Å²) in [5.74, 6) is -0.772. The van der Waals surface area contributed by atoms with E-state index in [-0.39, 0.29) is 17.4 Å². The molecule has 1 fully saturated rings. The summed E-state index contributed by atoms with van der Waals surface area (Å²) < 4.78 is 13.8. The molecule has 0 unspecified atom stereocenters. The zero-order valence-corrected chi connectivity index (χ0v) is 11.9. The van der Waals surface area contributed by atoms with Gasteiger partial charge in [0.2, 0.25) is 5.91 Å². The van der Waals surface area contributed by atoms with E-state index >= 15 is 0 Å². The molecule has 0 aliphatic carbocycles. The first-order valence-corrected chi connectivity index (χ1v) is 6.80. The first-order valence-electron chi connectivity index (χ1n) is 6.80. The zero-order valence-electron chi connectivity index (χ0n) is 11.9. The number of rotatable bonds is 1. The minimum Gasteiger partial charge on any atom is -0.341 e. The fourth-order valence-electron chi connectivity index (χ4n) is 2.41. The molecule has 108 valence electrons. The maximum Gasteiger partial charge on any atom is 0.256 e. The lowest BCUT2D eigenvalue weighted by Crippen LogP contribution is -2.36. The molecule has 2 rings (SSSR count). The van der Waals surface area contributed by atoms with E-state index in [4.69, 9.17) is 0 Å². The molecule has 1 saturated heterocycles. The molecule has 1 aromatic rings. The van der Waals surface area contributed by atoms with Crippen LogP contribution in [0.3, 0.4) is 0 Å². The van der Waals surface area contributed by atoms with Gasteiger partial charge in [-0.3, -0.25) is 9.59 Å². The van der Waals surface area contributed by atoms with Crippen LogP contribution in [-0.2, 0) is 4.79 Å². The average molecular weight is 278 g/mol. The van der Waals surface area contributed by atoms with Crippen LogP contribution in [0.4, 0.5) is 4.39 Å². The van der Waals surface area contributed by atoms with Gasteiger partial charge in [-0.05, 0) is 25.5 Å². The standard InChI is InChI=1S/C15H19FN2O2/c1-11-4-5-14(16)13(10-11)15(20)18-7-3-6-17(8-9-18)12(2)19/h4-5,10H,3,6-9H2,1-2H3. The lowest BCUT2D eigenvalue weighted by atomic mass is 10.1. The number of aryl methyl sites for hydroxylation is 1. The number of hydrogen-bond acceptors (Lipinski definition) is 2. The van der Waals surface area contributed by atoms with Crippen LogP contribution in [-0.4, -0.2) is 47.8 Å². The van der Waals surface area contributed by atoms with E-state index in [0.717, 1.165) is 12.0 Å². The Bertz CT molecular complexity index is 531. The summed E-state index contributed by atoms with van der Waals surface area (Å²) in [6.07, 6.45) is 0.721. The van der Waals surface area contributed by atoms with Crippen LogP contribution in [0.2, 0.25) is 0 Å². The highest BCUT2D eigenvalue weighted by Crippen LogP contribution is 2.14. The van der Waals surface area contributed by atoms with Gasteiger partial charge in [0, 0.05) is 33.1 Å². The van der Waals surface area contributed by atoms with Gasteiger partial charge in [0.25, 0.3) is 5.91 Å². The molecule has 20 heavy (non-hydrogen) atoms. The van der Waals surface area contributed by atoms with Crippen molar-refractivity contribution in [1.29, 1.82) is 0 Å². The molecule has 0 spiro atoms. The Labute approximate surface area is 118 Å². The summed E-state index contributed by atoms with van der Waals surface area (Å²) in [6, 6.07) is 4.54. The molecule has 4 nitrogen and oxygen atoms in total. The van der Waals surface area contributed by atoms with Crippen LogP contribution in [0.5, 0.6) is 0 Å². The molecule has 5 heteroatoms. The molecular weight excluding hydrogens is 259 g/mol. The monoisotopic (exact) mass is 278 g/mol. The number of benzene rings is 1. The van der Waals surface area contributed by atoms with Crippen LogP contribution in [0.1, 0.15) is 29.3 Å². The average Bonchev–Trinajstić information content (AvgIpc) is 2.66. The predicted molar refractivity (Wildman–Crippen MR) is 73.9 cm³/mol. The number of nitrogens with zero attached hydrogens (tertiary/aromatic N) is 2. The Morgan fingerprint density at radius 2 is 1.75 bits per heavy atom. The highest BCUT2D eigenvalue weighted by atomic mass is 19.1. The van der Waals surface area contributed by atoms with E-state index in [1.807, 2.05) is 6.92 Å². The molecule has 0 bridgehead atoms. The first kappa shape index (κ1) is 14.5. The number of carbonyl (C=O) groups is 2. The van der Waals surface area contributed by atoms with Crippen LogP contribution in [0.25, 0.3) is 0 Å². The van der Waals surface area contributed by atoms with Gasteiger partial charge < -0.3 is 9.80 Å². The number of halogens is 1. The minimum atomic E-state index is -0.492. The van der Waals surface area contributed by atoms with Gasteiger partial charge in [-0.2, -0.15) is 0 Å². The summed E-state index contributed by atoms with van der Waals surface area (Å²) in [4.78, 5) is 27.1. The van der Waals surface area contributed by atoms with E-state index in [2.05, 4.69) is 0 Å². The van der Waals surface area contributed by atoms with Crippen molar-refractivity contribution >= 4 is 11.8 Å². The van der Waals surface area contributed by atoms with E-state index in [1.165, 1.54) is 13.0 Å². The molecule has 1 aliphatic heterocycles. The minimum absolute atomic E-state index is 0.0148. The third-order valence-corrected chi connectivity index (χ3v) is 3.58. The Morgan fingerprint density at radius 1 is 1.10 bits per heavy atom. The summed E-state index contributed by atoms with van der Waals surface area (Å²) in [6.45, 7) is 5.51. The van der Waals surface area contributed by atoms with Gasteiger partial charge in [0.1, 0.15) is 5.82 Å². The molecule has 2 amide bonds. The van der Waals surface area contributed by atoms with E-state index in [1.54, 1.807) is 21.9 Å². The Morgan fingerprint density at radius 3 is 2.45 bits per heavy atom. The summed E-state index contributed by atoms with van der Waals surface area (Å²) >= 11 is 0. The molecule has 0 N–H and O–H groups in total. The molecule has 1 aliphatic rings. The van der Waals surface area contributed by atoms with Crippen molar-refractivity contribution < 1.29 is 14.0 Å². The lowest BCUT2D eigenvalue weighted by Gasteiger charge is -2.21. The van der Waals surface area contributed by atoms with Gasteiger partial charge in [-0.1, -0.05) is 11.6 Å². The van der Waals surface area contributed by atoms with Crippen LogP contribution >= 0.6 is 0 Å². The SMILES string of the molecule is CC(=O)N1CCCN(C(=O)c2cc(C)ccc2F)CC1. The van der Waals surface area contributed by atoms with E-state index in [0.29, 0.717) is 26.2 Å². The molecule has 1 heterocycles. The summed E-state index contributed by atoms with van der Waals surface area (Å²) in [7, 11) is 0. The lowest BCUT2D eigenvalue weighted by molar-refractivity contribution is -0.128. The van der Waals surface area contributed by atoms with Gasteiger partial charge in [-0.15, -0.1) is 0 Å². The second-order valence-corrected chi connectivity index (χ2v) is 5.14. The quantitative estimate of drug-likeness (QED) is 0.786. The second-order valence-electron chi connectivity index (χ2n) is 5.14. The maximum atomic E-state index is 13.8. The number of hydrogen-bond donors (Lipinski definition) is 0. The fourth-order valence-corrected chi connectivity index (χ4v) is 2.41. The highest BCUT2D eigenvalue weighted by molar-refractivity contribution is 5.94. The smallest absolute Gasteiger partial charge is 0.256 e. The van der Waals surface area contributed by atoms with Crippen molar-refractivity contribution in [3.8, 4) is 0 Å². The summed E-state index contributed by atoms with van der Waals surface area (Å²) in [5.41, 5.74) is 0.969. The number of carbonyl (C=O) groups excluding carboxylic acids is 2. The third-order valence-electron chi connectivity index (χ3n) is 3.58. The largest absolute Gasteiger partial charge is 0.341 e. The predicted octanol–water partition coefficient (Wildman–Crippen LogP) is 1.83. The van der Waals surface area contributed by atoms with Crippen molar-refractivity contribution in [3.63, 3.8) is 0 Å². The molecule has 0 radical (unpaired) electrons. The molecule has 0 aromatic heterocycles. The second kappa shape index (κ2) is 6.03. The van der Waals surface area contributed by atoms with Crippen LogP contribution in [0, 0.1) is 12.7 Å². The maximum absolute atomic E-state index is 13.8. The molecule has 0 atom stereocenters. The summed E-state index contributed by atoms with van der Waals surface area (Å²) in [5, 5.41) is 0.